The predicted molar refractivity (Wildman–Crippen MR) is 186 cm³/mol. The number of tetrazole rings is 1. The van der Waals surface area contributed by atoms with Gasteiger partial charge < -0.3 is 28.0 Å². The quantitative estimate of drug-likeness (QED) is 0.0680. The second-order valence-corrected chi connectivity index (χ2v) is 13.3. The summed E-state index contributed by atoms with van der Waals surface area (Å²) in [4.78, 5) is 47.5. The Bertz CT molecular complexity index is 2060. The fourth-order valence-electron chi connectivity index (χ4n) is 5.25. The van der Waals surface area contributed by atoms with Gasteiger partial charge in [0, 0.05) is 30.0 Å². The number of aliphatic hydroxyl groups is 1. The SMILES string of the molecule is CCCc1nc(C(C)(C)O)c(C(=O)OCc2oc(=O)oc2C)n1Cc1ccc(-c2ccccc2-c2nnn(C(=O)OCCSCCON(O)O)n2)cc1. The number of nitrogens with zero attached hydrogens (tertiary/aromatic N) is 7. The van der Waals surface area contributed by atoms with Crippen LogP contribution in [-0.4, -0.2) is 87.5 Å². The van der Waals surface area contributed by atoms with Crippen LogP contribution in [0.3, 0.4) is 0 Å². The van der Waals surface area contributed by atoms with Crippen molar-refractivity contribution in [3.05, 3.63) is 93.4 Å². The van der Waals surface area contributed by atoms with Gasteiger partial charge in [0.2, 0.25) is 5.82 Å². The molecule has 0 bridgehead atoms. The highest BCUT2D eigenvalue weighted by Gasteiger charge is 2.33. The van der Waals surface area contributed by atoms with Crippen molar-refractivity contribution in [3.8, 4) is 22.5 Å². The summed E-state index contributed by atoms with van der Waals surface area (Å²) in [6.45, 7) is 6.61. The number of hydrogen-bond donors (Lipinski definition) is 3. The molecular formula is C34H39N7O11S. The van der Waals surface area contributed by atoms with Crippen LogP contribution in [-0.2, 0) is 39.5 Å². The summed E-state index contributed by atoms with van der Waals surface area (Å²) in [5.41, 5.74) is 1.82. The van der Waals surface area contributed by atoms with Crippen LogP contribution in [0.25, 0.3) is 22.5 Å². The minimum atomic E-state index is -1.47. The smallest absolute Gasteiger partial charge is 0.453 e. The van der Waals surface area contributed by atoms with E-state index in [0.29, 0.717) is 29.3 Å². The topological polar surface area (TPSA) is 231 Å². The van der Waals surface area contributed by atoms with E-state index < -0.39 is 23.5 Å². The second kappa shape index (κ2) is 17.6. The molecule has 0 saturated carbocycles. The Kier molecular flexibility index (Phi) is 12.9. The Labute approximate surface area is 306 Å². The monoisotopic (exact) mass is 753 g/mol. The molecular weight excluding hydrogens is 714 g/mol. The molecule has 0 aliphatic rings. The number of rotatable bonds is 17. The molecule has 5 rings (SSSR count). The lowest BCUT2D eigenvalue weighted by molar-refractivity contribution is -0.490. The molecule has 282 valence electrons. The van der Waals surface area contributed by atoms with E-state index in [2.05, 4.69) is 25.2 Å². The van der Waals surface area contributed by atoms with Gasteiger partial charge in [-0.05, 0) is 49.1 Å². The number of thioether (sulfide) groups is 1. The van der Waals surface area contributed by atoms with Crippen molar-refractivity contribution in [2.75, 3.05) is 24.7 Å². The molecule has 0 atom stereocenters. The standard InChI is InChI=1S/C34H39N7O11S/c1-5-8-27-35-29(34(3,4)45)28(31(42)49-20-26-21(2)51-33(44)52-26)39(27)19-22-11-13-23(14-12-22)24-9-6-7-10-25(24)30-36-38-40(37-30)32(43)48-15-17-53-18-16-50-41(46)47/h6-7,9-14,45-47H,5,8,15-20H2,1-4H3. The number of hydrogen-bond acceptors (Lipinski definition) is 17. The number of carbonyl (C=O) groups excluding carboxylic acids is 2. The molecule has 0 amide bonds. The van der Waals surface area contributed by atoms with Crippen molar-refractivity contribution in [2.45, 2.75) is 59.3 Å². The summed E-state index contributed by atoms with van der Waals surface area (Å²) in [6, 6.07) is 15.0. The Morgan fingerprint density at radius 3 is 2.38 bits per heavy atom. The van der Waals surface area contributed by atoms with E-state index in [9.17, 15) is 19.5 Å². The molecule has 0 saturated heterocycles. The van der Waals surface area contributed by atoms with Crippen LogP contribution in [0.2, 0.25) is 0 Å². The number of ether oxygens (including phenoxy) is 2. The Hall–Kier alpha value is -5.18. The third-order valence-electron chi connectivity index (χ3n) is 7.70. The van der Waals surface area contributed by atoms with Crippen molar-refractivity contribution in [3.63, 3.8) is 0 Å². The molecule has 0 spiro atoms. The molecule has 0 fully saturated rings. The summed E-state index contributed by atoms with van der Waals surface area (Å²) < 4.78 is 22.3. The largest absolute Gasteiger partial charge is 0.519 e. The lowest BCUT2D eigenvalue weighted by Gasteiger charge is -2.17. The van der Waals surface area contributed by atoms with Crippen LogP contribution in [0.15, 0.2) is 62.2 Å². The molecule has 18 nitrogen and oxygen atoms in total. The van der Waals surface area contributed by atoms with Gasteiger partial charge in [-0.25, -0.2) is 24.2 Å². The van der Waals surface area contributed by atoms with Crippen molar-refractivity contribution in [2.24, 2.45) is 0 Å². The minimum Gasteiger partial charge on any atom is -0.453 e. The summed E-state index contributed by atoms with van der Waals surface area (Å²) >= 11 is 1.38. The molecule has 0 radical (unpaired) electrons. The molecule has 0 aliphatic heterocycles. The van der Waals surface area contributed by atoms with Gasteiger partial charge in [0.15, 0.2) is 23.8 Å². The molecule has 0 unspecified atom stereocenters. The Morgan fingerprint density at radius 2 is 1.72 bits per heavy atom. The summed E-state index contributed by atoms with van der Waals surface area (Å²) in [7, 11) is 0. The number of imidazole rings is 1. The van der Waals surface area contributed by atoms with E-state index >= 15 is 0 Å². The summed E-state index contributed by atoms with van der Waals surface area (Å²) in [6.07, 6.45) is 0.456. The van der Waals surface area contributed by atoms with Crippen LogP contribution in [0, 0.1) is 6.92 Å². The van der Waals surface area contributed by atoms with Crippen molar-refractivity contribution >= 4 is 23.8 Å². The van der Waals surface area contributed by atoms with E-state index in [4.69, 9.17) is 28.7 Å². The zero-order valence-electron chi connectivity index (χ0n) is 29.4. The molecule has 19 heteroatoms. The van der Waals surface area contributed by atoms with Crippen LogP contribution in [0.4, 0.5) is 4.79 Å². The third-order valence-corrected chi connectivity index (χ3v) is 8.61. The van der Waals surface area contributed by atoms with Crippen LogP contribution < -0.4 is 5.82 Å². The average molecular weight is 754 g/mol. The lowest BCUT2D eigenvalue weighted by atomic mass is 9.98. The third kappa shape index (κ3) is 10.0. The maximum Gasteiger partial charge on any atom is 0.519 e. The number of benzene rings is 2. The first-order valence-corrected chi connectivity index (χ1v) is 17.6. The van der Waals surface area contributed by atoms with Crippen LogP contribution in [0.1, 0.15) is 66.3 Å². The Morgan fingerprint density at radius 1 is 1.00 bits per heavy atom. The first-order valence-electron chi connectivity index (χ1n) is 16.5. The molecule has 3 aromatic heterocycles. The first kappa shape index (κ1) is 39.0. The van der Waals surface area contributed by atoms with E-state index in [-0.39, 0.29) is 60.5 Å². The van der Waals surface area contributed by atoms with Crippen molar-refractivity contribution in [1.82, 2.24) is 35.1 Å². The number of aryl methyl sites for hydroxylation is 2. The van der Waals surface area contributed by atoms with Gasteiger partial charge in [-0.2, -0.15) is 11.8 Å². The highest BCUT2D eigenvalue weighted by molar-refractivity contribution is 7.99. The highest BCUT2D eigenvalue weighted by atomic mass is 32.2. The fraction of sp³-hybridized carbons (Fsp3) is 0.382. The lowest BCUT2D eigenvalue weighted by Crippen LogP contribution is -2.23. The van der Waals surface area contributed by atoms with Crippen molar-refractivity contribution < 1.29 is 48.3 Å². The molecule has 2 aromatic carbocycles. The zero-order valence-corrected chi connectivity index (χ0v) is 30.2. The van der Waals surface area contributed by atoms with Gasteiger partial charge in [0.1, 0.15) is 23.7 Å². The van der Waals surface area contributed by atoms with Gasteiger partial charge in [0.25, 0.3) is 0 Å². The highest BCUT2D eigenvalue weighted by Crippen LogP contribution is 2.31. The average Bonchev–Trinajstić information content (AvgIpc) is 3.84. The van der Waals surface area contributed by atoms with Gasteiger partial charge >= 0.3 is 17.9 Å². The molecule has 3 N–H and O–H groups in total. The van der Waals surface area contributed by atoms with Gasteiger partial charge in [-0.3, -0.25) is 10.4 Å². The number of esters is 1. The van der Waals surface area contributed by atoms with Crippen LogP contribution in [0.5, 0.6) is 0 Å². The Balaban J connectivity index is 1.33. The maximum atomic E-state index is 13.6. The van der Waals surface area contributed by atoms with Gasteiger partial charge in [-0.15, -0.1) is 10.2 Å². The van der Waals surface area contributed by atoms with E-state index in [1.54, 1.807) is 18.4 Å². The molecule has 3 heterocycles. The first-order chi connectivity index (χ1) is 25.3. The van der Waals surface area contributed by atoms with Crippen LogP contribution >= 0.6 is 11.8 Å². The summed E-state index contributed by atoms with van der Waals surface area (Å²) in [5.74, 6) is 0.303. The molecule has 53 heavy (non-hydrogen) atoms. The second-order valence-electron chi connectivity index (χ2n) is 12.1. The maximum absolute atomic E-state index is 13.6. The number of carbonyl (C=O) groups is 2. The molecule has 0 aliphatic carbocycles. The summed E-state index contributed by atoms with van der Waals surface area (Å²) in [5, 5.41) is 39.9. The van der Waals surface area contributed by atoms with Crippen molar-refractivity contribution in [1.29, 1.82) is 0 Å². The minimum absolute atomic E-state index is 0.0605. The normalized spacial score (nSPS) is 11.7. The zero-order chi connectivity index (χ0) is 38.1. The van der Waals surface area contributed by atoms with E-state index in [1.807, 2.05) is 55.5 Å². The van der Waals surface area contributed by atoms with Gasteiger partial charge in [0.05, 0.1) is 12.0 Å². The van der Waals surface area contributed by atoms with Gasteiger partial charge in [-0.1, -0.05) is 60.3 Å². The fourth-order valence-corrected chi connectivity index (χ4v) is 5.85. The molecule has 5 aromatic rings. The van der Waals surface area contributed by atoms with E-state index in [0.717, 1.165) is 27.9 Å². The number of aromatic nitrogens is 6. The predicted octanol–water partition coefficient (Wildman–Crippen LogP) is 4.37. The van der Waals surface area contributed by atoms with E-state index in [1.165, 1.54) is 18.7 Å².